The minimum absolute atomic E-state index is 0.143. The van der Waals surface area contributed by atoms with Gasteiger partial charge in [-0.2, -0.15) is 0 Å². The molecule has 8 heteroatoms. The summed E-state index contributed by atoms with van der Waals surface area (Å²) in [7, 11) is 0. The van der Waals surface area contributed by atoms with Crippen LogP contribution in [-0.2, 0) is 4.79 Å². The Morgan fingerprint density at radius 1 is 0.885 bits per heavy atom. The van der Waals surface area contributed by atoms with Crippen molar-refractivity contribution >= 4 is 23.8 Å². The van der Waals surface area contributed by atoms with Gasteiger partial charge in [0.15, 0.2) is 0 Å². The van der Waals surface area contributed by atoms with Crippen molar-refractivity contribution < 1.29 is 24.3 Å². The summed E-state index contributed by atoms with van der Waals surface area (Å²) < 4.78 is 0. The highest BCUT2D eigenvalue weighted by Crippen LogP contribution is 2.22. The topological polar surface area (TPSA) is 116 Å². The molecule has 1 heterocycles. The Hall–Kier alpha value is -2.90. The molecule has 1 aromatic rings. The van der Waals surface area contributed by atoms with Crippen LogP contribution in [0.25, 0.3) is 0 Å². The Bertz CT molecular complexity index is 654. The number of rotatable bonds is 10. The molecule has 1 aliphatic heterocycles. The maximum atomic E-state index is 12.2. The molecule has 0 aromatic heterocycles. The summed E-state index contributed by atoms with van der Waals surface area (Å²) in [6.07, 6.45) is 2.67. The van der Waals surface area contributed by atoms with Crippen molar-refractivity contribution in [2.45, 2.75) is 32.1 Å². The van der Waals surface area contributed by atoms with E-state index in [-0.39, 0.29) is 30.8 Å². The van der Waals surface area contributed by atoms with Gasteiger partial charge in [-0.15, -0.1) is 0 Å². The highest BCUT2D eigenvalue weighted by molar-refractivity contribution is 6.21. The molecule has 0 spiro atoms. The first-order valence-corrected chi connectivity index (χ1v) is 8.69. The molecule has 0 bridgehead atoms. The first kappa shape index (κ1) is 19.4. The second-order valence-electron chi connectivity index (χ2n) is 6.05. The minimum atomic E-state index is -0.811. The summed E-state index contributed by atoms with van der Waals surface area (Å²) in [5.41, 5.74) is 0.845. The van der Waals surface area contributed by atoms with Crippen LogP contribution in [0.3, 0.4) is 0 Å². The van der Waals surface area contributed by atoms with E-state index in [1.165, 1.54) is 4.90 Å². The van der Waals surface area contributed by atoms with Crippen LogP contribution in [-0.4, -0.2) is 53.5 Å². The van der Waals surface area contributed by atoms with Gasteiger partial charge in [0.1, 0.15) is 0 Å². The lowest BCUT2D eigenvalue weighted by atomic mass is 10.1. The summed E-state index contributed by atoms with van der Waals surface area (Å²) in [5, 5.41) is 13.9. The third-order valence-corrected chi connectivity index (χ3v) is 4.08. The van der Waals surface area contributed by atoms with E-state index in [1.54, 1.807) is 24.3 Å². The number of nitrogens with zero attached hydrogens (tertiary/aromatic N) is 1. The number of fused-ring (bicyclic) bond motifs is 1. The zero-order valence-corrected chi connectivity index (χ0v) is 14.5. The maximum absolute atomic E-state index is 12.2. The van der Waals surface area contributed by atoms with E-state index in [0.717, 1.165) is 12.8 Å². The van der Waals surface area contributed by atoms with E-state index in [0.29, 0.717) is 37.1 Å². The Kier molecular flexibility index (Phi) is 7.13. The van der Waals surface area contributed by atoms with Crippen molar-refractivity contribution in [1.29, 1.82) is 0 Å². The van der Waals surface area contributed by atoms with Gasteiger partial charge in [-0.05, 0) is 31.4 Å². The van der Waals surface area contributed by atoms with Gasteiger partial charge in [-0.3, -0.25) is 19.3 Å². The van der Waals surface area contributed by atoms with Gasteiger partial charge >= 0.3 is 12.0 Å². The molecule has 140 valence electrons. The third-order valence-electron chi connectivity index (χ3n) is 4.08. The predicted octanol–water partition coefficient (Wildman–Crippen LogP) is 1.62. The lowest BCUT2D eigenvalue weighted by molar-refractivity contribution is -0.137. The zero-order chi connectivity index (χ0) is 18.9. The number of unbranched alkanes of at least 4 members (excludes halogenated alkanes) is 2. The molecule has 1 aromatic carbocycles. The van der Waals surface area contributed by atoms with Crippen molar-refractivity contribution in [2.24, 2.45) is 0 Å². The average Bonchev–Trinajstić information content (AvgIpc) is 2.86. The number of aliphatic carboxylic acids is 1. The van der Waals surface area contributed by atoms with Crippen LogP contribution in [0, 0.1) is 0 Å². The number of carbonyl (C=O) groups is 4. The summed E-state index contributed by atoms with van der Waals surface area (Å²) in [5.74, 6) is -1.40. The number of imide groups is 1. The second-order valence-corrected chi connectivity index (χ2v) is 6.05. The SMILES string of the molecule is O=C(O)CCCCCNC(=O)NCCCN1C(=O)c2ccccc2C1=O. The van der Waals surface area contributed by atoms with Crippen LogP contribution >= 0.6 is 0 Å². The second kappa shape index (κ2) is 9.55. The first-order valence-electron chi connectivity index (χ1n) is 8.69. The average molecular weight is 361 g/mol. The Morgan fingerprint density at radius 2 is 1.46 bits per heavy atom. The normalized spacial score (nSPS) is 12.8. The van der Waals surface area contributed by atoms with Gasteiger partial charge in [0.05, 0.1) is 11.1 Å². The number of hydrogen-bond acceptors (Lipinski definition) is 4. The molecular formula is C18H23N3O5. The van der Waals surface area contributed by atoms with Crippen molar-refractivity contribution in [3.05, 3.63) is 35.4 Å². The summed E-state index contributed by atoms with van der Waals surface area (Å²) >= 11 is 0. The fourth-order valence-electron chi connectivity index (χ4n) is 2.72. The fraction of sp³-hybridized carbons (Fsp3) is 0.444. The molecule has 0 aliphatic carbocycles. The van der Waals surface area contributed by atoms with Crippen LogP contribution in [0.1, 0.15) is 52.8 Å². The molecule has 0 radical (unpaired) electrons. The molecule has 26 heavy (non-hydrogen) atoms. The standard InChI is InChI=1S/C18H23N3O5/c22-15(23)9-2-1-5-10-19-18(26)20-11-6-12-21-16(24)13-7-3-4-8-14(13)17(21)25/h3-4,7-8H,1-2,5-6,9-12H2,(H,22,23)(H2,19,20,26). The third kappa shape index (κ3) is 5.30. The largest absolute Gasteiger partial charge is 0.481 e. The number of carboxylic acid groups (broad SMARTS) is 1. The van der Waals surface area contributed by atoms with Gasteiger partial charge in [0, 0.05) is 26.1 Å². The lowest BCUT2D eigenvalue weighted by Gasteiger charge is -2.14. The van der Waals surface area contributed by atoms with Gasteiger partial charge in [-0.25, -0.2) is 4.79 Å². The van der Waals surface area contributed by atoms with Crippen molar-refractivity contribution in [3.8, 4) is 0 Å². The molecule has 8 nitrogen and oxygen atoms in total. The van der Waals surface area contributed by atoms with Gasteiger partial charge in [0.2, 0.25) is 0 Å². The molecule has 0 fully saturated rings. The zero-order valence-electron chi connectivity index (χ0n) is 14.5. The summed E-state index contributed by atoms with van der Waals surface area (Å²) in [6, 6.07) is 6.41. The van der Waals surface area contributed by atoms with Gasteiger partial charge in [0.25, 0.3) is 11.8 Å². The monoisotopic (exact) mass is 361 g/mol. The lowest BCUT2D eigenvalue weighted by Crippen LogP contribution is -2.38. The molecule has 1 aliphatic rings. The quantitative estimate of drug-likeness (QED) is 0.432. The minimum Gasteiger partial charge on any atom is -0.481 e. The van der Waals surface area contributed by atoms with Crippen molar-refractivity contribution in [1.82, 2.24) is 15.5 Å². The molecule has 3 N–H and O–H groups in total. The highest BCUT2D eigenvalue weighted by atomic mass is 16.4. The van der Waals surface area contributed by atoms with Crippen molar-refractivity contribution in [2.75, 3.05) is 19.6 Å². The first-order chi connectivity index (χ1) is 12.5. The van der Waals surface area contributed by atoms with Gasteiger partial charge < -0.3 is 15.7 Å². The molecule has 2 rings (SSSR count). The van der Waals surface area contributed by atoms with E-state index in [9.17, 15) is 19.2 Å². The molecule has 0 saturated carbocycles. The van der Waals surface area contributed by atoms with E-state index in [2.05, 4.69) is 10.6 Å². The maximum Gasteiger partial charge on any atom is 0.314 e. The van der Waals surface area contributed by atoms with Crippen molar-refractivity contribution in [3.63, 3.8) is 0 Å². The van der Waals surface area contributed by atoms with E-state index < -0.39 is 5.97 Å². The van der Waals surface area contributed by atoms with Crippen LogP contribution in [0.4, 0.5) is 4.79 Å². The van der Waals surface area contributed by atoms with Crippen LogP contribution in [0.2, 0.25) is 0 Å². The Balaban J connectivity index is 1.58. The van der Waals surface area contributed by atoms with Crippen LogP contribution < -0.4 is 10.6 Å². The number of amides is 4. The van der Waals surface area contributed by atoms with Gasteiger partial charge in [-0.1, -0.05) is 18.6 Å². The number of carboxylic acids is 1. The molecule has 0 saturated heterocycles. The summed E-state index contributed by atoms with van der Waals surface area (Å²) in [4.78, 5) is 47.5. The van der Waals surface area contributed by atoms with Crippen LogP contribution in [0.15, 0.2) is 24.3 Å². The summed E-state index contributed by atoms with van der Waals surface area (Å²) in [6.45, 7) is 1.07. The number of nitrogens with one attached hydrogen (secondary N) is 2. The molecule has 4 amide bonds. The Labute approximate surface area is 151 Å². The predicted molar refractivity (Wildman–Crippen MR) is 93.9 cm³/mol. The van der Waals surface area contributed by atoms with E-state index in [1.807, 2.05) is 0 Å². The molecular weight excluding hydrogens is 338 g/mol. The number of benzene rings is 1. The van der Waals surface area contributed by atoms with E-state index in [4.69, 9.17) is 5.11 Å². The number of urea groups is 1. The van der Waals surface area contributed by atoms with Crippen LogP contribution in [0.5, 0.6) is 0 Å². The fourth-order valence-corrected chi connectivity index (χ4v) is 2.72. The van der Waals surface area contributed by atoms with E-state index >= 15 is 0 Å². The number of hydrogen-bond donors (Lipinski definition) is 3. The smallest absolute Gasteiger partial charge is 0.314 e. The number of carbonyl (C=O) groups excluding carboxylic acids is 3. The molecule has 0 unspecified atom stereocenters. The molecule has 0 atom stereocenters. The Morgan fingerprint density at radius 3 is 2.04 bits per heavy atom. The highest BCUT2D eigenvalue weighted by Gasteiger charge is 2.34.